The van der Waals surface area contributed by atoms with Gasteiger partial charge in [-0.25, -0.2) is 4.98 Å². The Hall–Kier alpha value is -1.49. The van der Waals surface area contributed by atoms with Crippen molar-refractivity contribution in [2.45, 2.75) is 19.3 Å². The van der Waals surface area contributed by atoms with Gasteiger partial charge in [-0.05, 0) is 18.4 Å². The van der Waals surface area contributed by atoms with Gasteiger partial charge in [-0.2, -0.15) is 0 Å². The Balaban J connectivity index is 2.47. The first-order valence-corrected chi connectivity index (χ1v) is 5.61. The smallest absolute Gasteiger partial charge is 0.259 e. The summed E-state index contributed by atoms with van der Waals surface area (Å²) in [6.07, 6.45) is 3.64. The van der Waals surface area contributed by atoms with E-state index in [1.54, 1.807) is 0 Å². The van der Waals surface area contributed by atoms with Crippen molar-refractivity contribution in [3.8, 4) is 0 Å². The zero-order valence-corrected chi connectivity index (χ0v) is 8.69. The molecule has 0 saturated heterocycles. The number of aryl methyl sites for hydroxylation is 1. The molecule has 0 unspecified atom stereocenters. The van der Waals surface area contributed by atoms with E-state index in [0.717, 1.165) is 23.3 Å². The Labute approximate surface area is 89.0 Å². The summed E-state index contributed by atoms with van der Waals surface area (Å²) in [5, 5.41) is 0.616. The van der Waals surface area contributed by atoms with Crippen LogP contribution in [0.25, 0.3) is 10.2 Å². The zero-order valence-electron chi connectivity index (χ0n) is 7.87. The molecule has 15 heavy (non-hydrogen) atoms. The number of aromatic amines is 1. The SMILES string of the molecule is O=C1CCCc2c1sc1nc[nH]c(=O)c21. The molecule has 76 valence electrons. The van der Waals surface area contributed by atoms with Gasteiger partial charge in [0.25, 0.3) is 5.56 Å². The topological polar surface area (TPSA) is 62.8 Å². The van der Waals surface area contributed by atoms with E-state index < -0.39 is 0 Å². The van der Waals surface area contributed by atoms with Crippen molar-refractivity contribution in [3.05, 3.63) is 27.1 Å². The summed E-state index contributed by atoms with van der Waals surface area (Å²) in [5.74, 6) is 0.152. The summed E-state index contributed by atoms with van der Waals surface area (Å²) in [7, 11) is 0. The van der Waals surface area contributed by atoms with Crippen LogP contribution in [0.15, 0.2) is 11.1 Å². The molecule has 2 aromatic heterocycles. The summed E-state index contributed by atoms with van der Waals surface area (Å²) >= 11 is 1.34. The molecule has 4 nitrogen and oxygen atoms in total. The number of H-pyrrole nitrogens is 1. The fourth-order valence-corrected chi connectivity index (χ4v) is 3.16. The molecule has 5 heteroatoms. The molecule has 0 aliphatic heterocycles. The predicted molar refractivity (Wildman–Crippen MR) is 57.5 cm³/mol. The van der Waals surface area contributed by atoms with Crippen molar-refractivity contribution in [3.63, 3.8) is 0 Å². The molecule has 0 spiro atoms. The van der Waals surface area contributed by atoms with Crippen molar-refractivity contribution in [2.24, 2.45) is 0 Å². The van der Waals surface area contributed by atoms with Gasteiger partial charge in [0.05, 0.1) is 16.6 Å². The van der Waals surface area contributed by atoms with Crippen LogP contribution in [0.1, 0.15) is 28.1 Å². The maximum atomic E-state index is 11.6. The largest absolute Gasteiger partial charge is 0.313 e. The van der Waals surface area contributed by atoms with Crippen molar-refractivity contribution < 1.29 is 4.79 Å². The molecular weight excluding hydrogens is 212 g/mol. The Morgan fingerprint density at radius 3 is 3.07 bits per heavy atom. The molecule has 1 aliphatic rings. The van der Waals surface area contributed by atoms with E-state index in [9.17, 15) is 9.59 Å². The van der Waals surface area contributed by atoms with Gasteiger partial charge in [0.2, 0.25) is 0 Å². The van der Waals surface area contributed by atoms with E-state index in [1.165, 1.54) is 17.7 Å². The number of aromatic nitrogens is 2. The van der Waals surface area contributed by atoms with Gasteiger partial charge in [-0.3, -0.25) is 9.59 Å². The van der Waals surface area contributed by atoms with Crippen molar-refractivity contribution in [1.29, 1.82) is 0 Å². The number of thiophene rings is 1. The van der Waals surface area contributed by atoms with E-state index in [-0.39, 0.29) is 11.3 Å². The lowest BCUT2D eigenvalue weighted by atomic mass is 9.96. The van der Waals surface area contributed by atoms with Crippen molar-refractivity contribution in [2.75, 3.05) is 0 Å². The molecule has 3 rings (SSSR count). The lowest BCUT2D eigenvalue weighted by molar-refractivity contribution is 0.0977. The van der Waals surface area contributed by atoms with Crippen LogP contribution in [-0.4, -0.2) is 15.8 Å². The molecule has 1 N–H and O–H groups in total. The number of Topliss-reactive ketones (excluding diaryl/α,β-unsaturated/α-hetero) is 1. The molecule has 0 bridgehead atoms. The summed E-state index contributed by atoms with van der Waals surface area (Å²) < 4.78 is 0. The van der Waals surface area contributed by atoms with Gasteiger partial charge in [-0.1, -0.05) is 0 Å². The van der Waals surface area contributed by atoms with Crippen molar-refractivity contribution in [1.82, 2.24) is 9.97 Å². The second-order valence-corrected chi connectivity index (χ2v) is 4.60. The summed E-state index contributed by atoms with van der Waals surface area (Å²) in [5.41, 5.74) is 0.771. The maximum absolute atomic E-state index is 11.6. The van der Waals surface area contributed by atoms with E-state index in [2.05, 4.69) is 9.97 Å². The van der Waals surface area contributed by atoms with Crippen LogP contribution < -0.4 is 5.56 Å². The molecule has 0 fully saturated rings. The normalized spacial score (nSPS) is 15.6. The minimum atomic E-state index is -0.132. The average Bonchev–Trinajstić information content (AvgIpc) is 2.59. The molecule has 0 amide bonds. The standard InChI is InChI=1S/C10H8N2O2S/c13-6-3-1-2-5-7-9(14)11-4-12-10(7)15-8(5)6/h4H,1-3H2,(H,11,12,14). The Morgan fingerprint density at radius 2 is 2.20 bits per heavy atom. The maximum Gasteiger partial charge on any atom is 0.259 e. The fraction of sp³-hybridized carbons (Fsp3) is 0.300. The third kappa shape index (κ3) is 1.16. The second kappa shape index (κ2) is 3.00. The minimum absolute atomic E-state index is 0.132. The molecule has 0 radical (unpaired) electrons. The molecule has 2 heterocycles. The van der Waals surface area contributed by atoms with Crippen LogP contribution >= 0.6 is 11.3 Å². The van der Waals surface area contributed by atoms with E-state index in [1.807, 2.05) is 0 Å². The third-order valence-corrected chi connectivity index (χ3v) is 3.86. The molecule has 0 saturated carbocycles. The van der Waals surface area contributed by atoms with Gasteiger partial charge in [0, 0.05) is 6.42 Å². The van der Waals surface area contributed by atoms with E-state index >= 15 is 0 Å². The highest BCUT2D eigenvalue weighted by Crippen LogP contribution is 2.32. The van der Waals surface area contributed by atoms with Gasteiger partial charge in [0.15, 0.2) is 5.78 Å². The van der Waals surface area contributed by atoms with Crippen LogP contribution in [0.5, 0.6) is 0 Å². The monoisotopic (exact) mass is 220 g/mol. The number of nitrogens with zero attached hydrogens (tertiary/aromatic N) is 1. The lowest BCUT2D eigenvalue weighted by Gasteiger charge is -2.08. The number of nitrogens with one attached hydrogen (secondary N) is 1. The number of carbonyl (C=O) groups excluding carboxylic acids is 1. The highest BCUT2D eigenvalue weighted by Gasteiger charge is 2.24. The average molecular weight is 220 g/mol. The Kier molecular flexibility index (Phi) is 1.76. The number of fused-ring (bicyclic) bond motifs is 3. The first-order chi connectivity index (χ1) is 7.27. The molecule has 0 aromatic carbocycles. The number of rotatable bonds is 0. The van der Waals surface area contributed by atoms with Crippen LogP contribution in [-0.2, 0) is 6.42 Å². The third-order valence-electron chi connectivity index (χ3n) is 2.68. The highest BCUT2D eigenvalue weighted by atomic mass is 32.1. The summed E-state index contributed by atoms with van der Waals surface area (Å²) in [4.78, 5) is 31.3. The van der Waals surface area contributed by atoms with Crippen LogP contribution in [0.4, 0.5) is 0 Å². The zero-order chi connectivity index (χ0) is 10.4. The number of hydrogen-bond acceptors (Lipinski definition) is 4. The fourth-order valence-electron chi connectivity index (χ4n) is 2.00. The van der Waals surface area contributed by atoms with E-state index in [4.69, 9.17) is 0 Å². The minimum Gasteiger partial charge on any atom is -0.313 e. The van der Waals surface area contributed by atoms with Gasteiger partial charge < -0.3 is 4.98 Å². The van der Waals surface area contributed by atoms with Crippen molar-refractivity contribution >= 4 is 27.3 Å². The highest BCUT2D eigenvalue weighted by molar-refractivity contribution is 7.20. The van der Waals surface area contributed by atoms with Gasteiger partial charge >= 0.3 is 0 Å². The van der Waals surface area contributed by atoms with E-state index in [0.29, 0.717) is 16.6 Å². The summed E-state index contributed by atoms with van der Waals surface area (Å²) in [6.45, 7) is 0. The molecule has 2 aromatic rings. The van der Waals surface area contributed by atoms with Crippen LogP contribution in [0, 0.1) is 0 Å². The molecule has 0 atom stereocenters. The quantitative estimate of drug-likeness (QED) is 0.731. The Morgan fingerprint density at radius 1 is 1.33 bits per heavy atom. The first kappa shape index (κ1) is 8.79. The lowest BCUT2D eigenvalue weighted by Crippen LogP contribution is -2.11. The van der Waals surface area contributed by atoms with Crippen LogP contribution in [0.2, 0.25) is 0 Å². The number of hydrogen-bond donors (Lipinski definition) is 1. The number of ketones is 1. The van der Waals surface area contributed by atoms with Gasteiger partial charge in [0.1, 0.15) is 4.83 Å². The Bertz CT molecular complexity index is 611. The predicted octanol–water partition coefficient (Wildman–Crippen LogP) is 1.50. The first-order valence-electron chi connectivity index (χ1n) is 4.79. The molecular formula is C10H8N2O2S. The van der Waals surface area contributed by atoms with Gasteiger partial charge in [-0.15, -0.1) is 11.3 Å². The second-order valence-electron chi connectivity index (χ2n) is 3.60. The van der Waals surface area contributed by atoms with Crippen LogP contribution in [0.3, 0.4) is 0 Å². The number of carbonyl (C=O) groups is 1. The summed E-state index contributed by atoms with van der Waals surface area (Å²) in [6, 6.07) is 0. The molecule has 1 aliphatic carbocycles.